The Morgan fingerprint density at radius 1 is 1.24 bits per heavy atom. The Bertz CT molecular complexity index is 1030. The van der Waals surface area contributed by atoms with Crippen LogP contribution in [0.3, 0.4) is 0 Å². The van der Waals surface area contributed by atoms with Crippen molar-refractivity contribution >= 4 is 28.2 Å². The van der Waals surface area contributed by atoms with E-state index in [0.717, 1.165) is 21.9 Å². The SMILES string of the molecule is C=Cc1sc(N)nc1C(Cc1cc([N+](=O)[O-])ccc1OC)c1ccc(OC)cc1. The van der Waals surface area contributed by atoms with E-state index in [4.69, 9.17) is 15.2 Å². The normalized spacial score (nSPS) is 11.7. The number of rotatable bonds is 8. The summed E-state index contributed by atoms with van der Waals surface area (Å²) in [5.41, 5.74) is 8.44. The highest BCUT2D eigenvalue weighted by molar-refractivity contribution is 7.16. The molecule has 0 bridgehead atoms. The third kappa shape index (κ3) is 4.38. The number of methoxy groups -OCH3 is 2. The minimum Gasteiger partial charge on any atom is -0.497 e. The van der Waals surface area contributed by atoms with Crippen molar-refractivity contribution in [1.82, 2.24) is 4.98 Å². The Morgan fingerprint density at radius 2 is 1.97 bits per heavy atom. The summed E-state index contributed by atoms with van der Waals surface area (Å²) < 4.78 is 10.7. The average molecular weight is 411 g/mol. The van der Waals surface area contributed by atoms with Gasteiger partial charge in [0.15, 0.2) is 5.13 Å². The lowest BCUT2D eigenvalue weighted by molar-refractivity contribution is -0.384. The molecular weight excluding hydrogens is 390 g/mol. The number of thiazole rings is 1. The fourth-order valence-corrected chi connectivity index (χ4v) is 3.97. The van der Waals surface area contributed by atoms with Crippen LogP contribution in [0.4, 0.5) is 10.8 Å². The number of hydrogen-bond donors (Lipinski definition) is 1. The summed E-state index contributed by atoms with van der Waals surface area (Å²) in [6.45, 7) is 3.87. The molecule has 0 spiro atoms. The van der Waals surface area contributed by atoms with Crippen molar-refractivity contribution in [2.45, 2.75) is 12.3 Å². The maximum atomic E-state index is 11.3. The second-order valence-corrected chi connectivity index (χ2v) is 7.35. The van der Waals surface area contributed by atoms with Gasteiger partial charge in [0.25, 0.3) is 5.69 Å². The van der Waals surface area contributed by atoms with Crippen LogP contribution in [0, 0.1) is 10.1 Å². The van der Waals surface area contributed by atoms with Gasteiger partial charge in [0.2, 0.25) is 0 Å². The van der Waals surface area contributed by atoms with Gasteiger partial charge in [0, 0.05) is 23.6 Å². The highest BCUT2D eigenvalue weighted by Crippen LogP contribution is 2.37. The van der Waals surface area contributed by atoms with Crippen molar-refractivity contribution in [3.05, 3.63) is 80.9 Å². The van der Waals surface area contributed by atoms with Crippen LogP contribution < -0.4 is 15.2 Å². The molecule has 0 saturated carbocycles. The number of nitrogens with two attached hydrogens (primary N) is 1. The lowest BCUT2D eigenvalue weighted by Gasteiger charge is -2.19. The van der Waals surface area contributed by atoms with Crippen molar-refractivity contribution in [1.29, 1.82) is 0 Å². The minimum absolute atomic E-state index is 0.0102. The molecule has 1 heterocycles. The zero-order valence-electron chi connectivity index (χ0n) is 16.1. The highest BCUT2D eigenvalue weighted by Gasteiger charge is 2.24. The molecule has 29 heavy (non-hydrogen) atoms. The number of nitro groups is 1. The molecule has 2 N–H and O–H groups in total. The largest absolute Gasteiger partial charge is 0.497 e. The van der Waals surface area contributed by atoms with Gasteiger partial charge in [-0.25, -0.2) is 4.98 Å². The van der Waals surface area contributed by atoms with Gasteiger partial charge in [-0.3, -0.25) is 10.1 Å². The van der Waals surface area contributed by atoms with Gasteiger partial charge in [-0.2, -0.15) is 0 Å². The molecule has 0 aliphatic rings. The lowest BCUT2D eigenvalue weighted by atomic mass is 9.88. The number of ether oxygens (including phenoxy) is 2. The number of anilines is 1. The predicted octanol–water partition coefficient (Wildman–Crippen LogP) is 4.67. The number of benzene rings is 2. The zero-order chi connectivity index (χ0) is 21.0. The molecule has 3 rings (SSSR count). The van der Waals surface area contributed by atoms with Gasteiger partial charge >= 0.3 is 0 Å². The van der Waals surface area contributed by atoms with Crippen LogP contribution in [-0.2, 0) is 6.42 Å². The van der Waals surface area contributed by atoms with Gasteiger partial charge in [-0.1, -0.05) is 36.1 Å². The van der Waals surface area contributed by atoms with Crippen LogP contribution in [0.1, 0.15) is 27.6 Å². The summed E-state index contributed by atoms with van der Waals surface area (Å²) in [7, 11) is 3.15. The van der Waals surface area contributed by atoms with Crippen molar-refractivity contribution in [3.63, 3.8) is 0 Å². The molecule has 2 aromatic carbocycles. The van der Waals surface area contributed by atoms with E-state index < -0.39 is 4.92 Å². The quantitative estimate of drug-likeness (QED) is 0.427. The molecule has 0 aliphatic heterocycles. The molecule has 7 nitrogen and oxygen atoms in total. The molecule has 0 amide bonds. The summed E-state index contributed by atoms with van der Waals surface area (Å²) in [6.07, 6.45) is 2.17. The molecule has 0 saturated heterocycles. The summed E-state index contributed by atoms with van der Waals surface area (Å²) in [5, 5.41) is 11.7. The van der Waals surface area contributed by atoms with E-state index in [0.29, 0.717) is 22.9 Å². The molecule has 3 aromatic rings. The van der Waals surface area contributed by atoms with E-state index in [2.05, 4.69) is 11.6 Å². The van der Waals surface area contributed by atoms with Crippen LogP contribution in [-0.4, -0.2) is 24.1 Å². The first-order chi connectivity index (χ1) is 14.0. The van der Waals surface area contributed by atoms with Gasteiger partial charge in [0.05, 0.1) is 29.7 Å². The molecular formula is C21H21N3O4S. The molecule has 0 fully saturated rings. The maximum Gasteiger partial charge on any atom is 0.269 e. The zero-order valence-corrected chi connectivity index (χ0v) is 16.9. The Balaban J connectivity index is 2.11. The molecule has 8 heteroatoms. The third-order valence-electron chi connectivity index (χ3n) is 4.63. The lowest BCUT2D eigenvalue weighted by Crippen LogP contribution is -2.09. The van der Waals surface area contributed by atoms with Gasteiger partial charge in [0.1, 0.15) is 11.5 Å². The van der Waals surface area contributed by atoms with Crippen LogP contribution in [0.15, 0.2) is 49.0 Å². The second kappa shape index (κ2) is 8.74. The summed E-state index contributed by atoms with van der Waals surface area (Å²) in [6, 6.07) is 12.2. The summed E-state index contributed by atoms with van der Waals surface area (Å²) in [5.74, 6) is 1.12. The molecule has 0 radical (unpaired) electrons. The number of nitro benzene ring substituents is 1. The Kier molecular flexibility index (Phi) is 6.13. The first-order valence-corrected chi connectivity index (χ1v) is 9.62. The predicted molar refractivity (Wildman–Crippen MR) is 115 cm³/mol. The van der Waals surface area contributed by atoms with Crippen molar-refractivity contribution in [3.8, 4) is 11.5 Å². The maximum absolute atomic E-state index is 11.3. The monoisotopic (exact) mass is 411 g/mol. The fourth-order valence-electron chi connectivity index (χ4n) is 3.22. The van der Waals surface area contributed by atoms with Gasteiger partial charge < -0.3 is 15.2 Å². The van der Waals surface area contributed by atoms with Crippen molar-refractivity contribution in [2.75, 3.05) is 20.0 Å². The van der Waals surface area contributed by atoms with Gasteiger partial charge in [-0.15, -0.1) is 0 Å². The second-order valence-electron chi connectivity index (χ2n) is 6.29. The highest BCUT2D eigenvalue weighted by atomic mass is 32.1. The minimum atomic E-state index is -0.415. The van der Waals surface area contributed by atoms with Crippen molar-refractivity contribution < 1.29 is 14.4 Å². The first kappa shape index (κ1) is 20.3. The fraction of sp³-hybridized carbons (Fsp3) is 0.190. The van der Waals surface area contributed by atoms with E-state index in [-0.39, 0.29) is 11.6 Å². The van der Waals surface area contributed by atoms with Crippen LogP contribution in [0.5, 0.6) is 11.5 Å². The van der Waals surface area contributed by atoms with Crippen LogP contribution in [0.2, 0.25) is 0 Å². The van der Waals surface area contributed by atoms with Crippen LogP contribution in [0.25, 0.3) is 6.08 Å². The molecule has 150 valence electrons. The van der Waals surface area contributed by atoms with E-state index in [9.17, 15) is 10.1 Å². The van der Waals surface area contributed by atoms with Crippen LogP contribution >= 0.6 is 11.3 Å². The summed E-state index contributed by atoms with van der Waals surface area (Å²) in [4.78, 5) is 16.2. The number of nitrogens with zero attached hydrogens (tertiary/aromatic N) is 2. The van der Waals surface area contributed by atoms with E-state index in [1.54, 1.807) is 32.4 Å². The molecule has 1 unspecified atom stereocenters. The summed E-state index contributed by atoms with van der Waals surface area (Å²) >= 11 is 1.36. The molecule has 1 atom stereocenters. The molecule has 0 aliphatic carbocycles. The third-order valence-corrected chi connectivity index (χ3v) is 5.53. The average Bonchev–Trinajstić information content (AvgIpc) is 3.12. The Labute approximate surface area is 172 Å². The van der Waals surface area contributed by atoms with Crippen molar-refractivity contribution in [2.24, 2.45) is 0 Å². The molecule has 1 aromatic heterocycles. The Hall–Kier alpha value is -3.39. The smallest absolute Gasteiger partial charge is 0.269 e. The number of nitrogen functional groups attached to an aromatic ring is 1. The Morgan fingerprint density at radius 3 is 2.55 bits per heavy atom. The van der Waals surface area contributed by atoms with Gasteiger partial charge in [-0.05, 0) is 30.2 Å². The number of non-ortho nitro benzene ring substituents is 1. The van der Waals surface area contributed by atoms with E-state index in [1.165, 1.54) is 17.4 Å². The number of hydrogen-bond acceptors (Lipinski definition) is 7. The van der Waals surface area contributed by atoms with E-state index in [1.807, 2.05) is 24.3 Å². The van der Waals surface area contributed by atoms with E-state index >= 15 is 0 Å². The number of aromatic nitrogens is 1. The topological polar surface area (TPSA) is 101 Å². The standard InChI is InChI=1S/C21H21N3O4S/c1-4-19-20(23-21(22)29-19)17(13-5-8-16(27-2)9-6-13)12-14-11-15(24(25)26)7-10-18(14)28-3/h4-11,17H,1,12H2,2-3H3,(H2,22,23). The first-order valence-electron chi connectivity index (χ1n) is 8.80.